The smallest absolute Gasteiger partial charge is 0.365 e. The Morgan fingerprint density at radius 2 is 1.62 bits per heavy atom. The van der Waals surface area contributed by atoms with Gasteiger partial charge in [-0.1, -0.05) is 51.0 Å². The van der Waals surface area contributed by atoms with Crippen molar-refractivity contribution in [2.24, 2.45) is 0 Å². The summed E-state index contributed by atoms with van der Waals surface area (Å²) in [6, 6.07) is 17.0. The third-order valence-corrected chi connectivity index (χ3v) is 6.42. The van der Waals surface area contributed by atoms with E-state index in [0.717, 1.165) is 46.2 Å². The highest BCUT2D eigenvalue weighted by Crippen LogP contribution is 2.31. The number of alkyl halides is 3. The minimum absolute atomic E-state index is 0.0218. The Kier molecular flexibility index (Phi) is 9.51. The topological polar surface area (TPSA) is 84.2 Å². The van der Waals surface area contributed by atoms with E-state index >= 15 is 0 Å². The van der Waals surface area contributed by atoms with Gasteiger partial charge in [-0.3, -0.25) is 4.79 Å². The number of benzene rings is 2. The van der Waals surface area contributed by atoms with Crippen LogP contribution in [-0.2, 0) is 12.7 Å². The number of aromatic nitrogens is 4. The molecule has 3 heterocycles. The van der Waals surface area contributed by atoms with Gasteiger partial charge in [0.2, 0.25) is 0 Å². The molecule has 0 aliphatic rings. The second-order valence-electron chi connectivity index (χ2n) is 9.49. The highest BCUT2D eigenvalue weighted by atomic mass is 19.4. The zero-order valence-electron chi connectivity index (χ0n) is 23.3. The van der Waals surface area contributed by atoms with E-state index in [1.165, 1.54) is 31.3 Å². The number of anilines is 2. The van der Waals surface area contributed by atoms with Gasteiger partial charge in [-0.25, -0.2) is 18.9 Å². The molecular formula is C31H30F4N6O. The number of halogens is 4. The maximum absolute atomic E-state index is 13.3. The summed E-state index contributed by atoms with van der Waals surface area (Å²) in [6.45, 7) is 6.46. The van der Waals surface area contributed by atoms with Crippen LogP contribution in [-0.4, -0.2) is 25.5 Å². The van der Waals surface area contributed by atoms with Crippen molar-refractivity contribution in [1.82, 2.24) is 19.6 Å². The lowest BCUT2D eigenvalue weighted by Gasteiger charge is -2.14. The molecule has 0 saturated heterocycles. The molecule has 0 saturated carbocycles. The standard InChI is InChI=1S/C27H20F4N6O.C4H10/c1-16-23-10-11-24(37(23)35-15-34-16)18-4-2-17(3-5-18)13-32-25-22(12-19(14-33-25)27(29,30)31)26(38)36-21-8-6-20(28)7-9-21;1-3-4-2/h2-12,14-15H,13H2,1H3,(H,32,33)(H,36,38);3-4H2,1-2H3. The molecule has 0 aliphatic carbocycles. The third-order valence-electron chi connectivity index (χ3n) is 6.42. The second kappa shape index (κ2) is 13.2. The molecule has 7 nitrogen and oxygen atoms in total. The predicted octanol–water partition coefficient (Wildman–Crippen LogP) is 7.93. The van der Waals surface area contributed by atoms with Crippen LogP contribution in [0.2, 0.25) is 0 Å². The summed E-state index contributed by atoms with van der Waals surface area (Å²) in [5.74, 6) is -1.34. The number of hydrogen-bond donors (Lipinski definition) is 2. The molecule has 0 fully saturated rings. The van der Waals surface area contributed by atoms with Crippen LogP contribution >= 0.6 is 0 Å². The van der Waals surface area contributed by atoms with Crippen LogP contribution in [0.15, 0.2) is 79.3 Å². The minimum atomic E-state index is -4.68. The Bertz CT molecular complexity index is 1650. The van der Waals surface area contributed by atoms with E-state index in [1.807, 2.05) is 43.3 Å². The van der Waals surface area contributed by atoms with Crippen LogP contribution in [0.3, 0.4) is 0 Å². The molecule has 5 rings (SSSR count). The first-order chi connectivity index (χ1) is 20.1. The normalized spacial score (nSPS) is 11.1. The maximum Gasteiger partial charge on any atom is 0.417 e. The molecule has 2 N–H and O–H groups in total. The molecular weight excluding hydrogens is 548 g/mol. The van der Waals surface area contributed by atoms with Crippen LogP contribution in [0.25, 0.3) is 16.8 Å². The summed E-state index contributed by atoms with van der Waals surface area (Å²) in [6.07, 6.45) is 0.116. The Morgan fingerprint density at radius 3 is 2.26 bits per heavy atom. The molecule has 42 heavy (non-hydrogen) atoms. The number of fused-ring (bicyclic) bond motifs is 1. The van der Waals surface area contributed by atoms with Crippen molar-refractivity contribution in [2.45, 2.75) is 46.3 Å². The fourth-order valence-electron chi connectivity index (χ4n) is 3.92. The van der Waals surface area contributed by atoms with Gasteiger partial charge < -0.3 is 10.6 Å². The van der Waals surface area contributed by atoms with Crippen molar-refractivity contribution in [3.63, 3.8) is 0 Å². The van der Waals surface area contributed by atoms with Crippen molar-refractivity contribution in [3.8, 4) is 11.3 Å². The highest BCUT2D eigenvalue weighted by molar-refractivity contribution is 6.07. The first-order valence-corrected chi connectivity index (χ1v) is 13.4. The number of hydrogen-bond acceptors (Lipinski definition) is 5. The maximum atomic E-state index is 13.3. The molecule has 5 aromatic rings. The molecule has 0 unspecified atom stereocenters. The summed E-state index contributed by atoms with van der Waals surface area (Å²) < 4.78 is 54.9. The Morgan fingerprint density at radius 1 is 0.929 bits per heavy atom. The third kappa shape index (κ3) is 7.28. The number of carbonyl (C=O) groups is 1. The lowest BCUT2D eigenvalue weighted by molar-refractivity contribution is -0.137. The number of nitrogens with one attached hydrogen (secondary N) is 2. The molecule has 218 valence electrons. The molecule has 2 aromatic carbocycles. The van der Waals surface area contributed by atoms with E-state index in [2.05, 4.69) is 39.5 Å². The molecule has 0 radical (unpaired) electrons. The van der Waals surface area contributed by atoms with Gasteiger partial charge >= 0.3 is 6.18 Å². The fraction of sp³-hybridized carbons (Fsp3) is 0.226. The zero-order chi connectivity index (χ0) is 30.3. The van der Waals surface area contributed by atoms with Gasteiger partial charge in [0.25, 0.3) is 5.91 Å². The van der Waals surface area contributed by atoms with Crippen molar-refractivity contribution < 1.29 is 22.4 Å². The number of carbonyl (C=O) groups excluding carboxylic acids is 1. The summed E-state index contributed by atoms with van der Waals surface area (Å²) in [5, 5.41) is 9.74. The quantitative estimate of drug-likeness (QED) is 0.192. The van der Waals surface area contributed by atoms with Gasteiger partial charge in [-0.05, 0) is 55.0 Å². The van der Waals surface area contributed by atoms with Gasteiger partial charge in [0, 0.05) is 24.0 Å². The Hall–Kier alpha value is -4.80. The van der Waals surface area contributed by atoms with Gasteiger partial charge in [-0.15, -0.1) is 0 Å². The molecule has 0 spiro atoms. The van der Waals surface area contributed by atoms with E-state index < -0.39 is 23.5 Å². The van der Waals surface area contributed by atoms with Gasteiger partial charge in [-0.2, -0.15) is 18.3 Å². The Balaban J connectivity index is 0.000000952. The van der Waals surface area contributed by atoms with Crippen LogP contribution in [0.4, 0.5) is 29.1 Å². The van der Waals surface area contributed by atoms with E-state index in [9.17, 15) is 22.4 Å². The summed E-state index contributed by atoms with van der Waals surface area (Å²) in [4.78, 5) is 20.9. The highest BCUT2D eigenvalue weighted by Gasteiger charge is 2.32. The van der Waals surface area contributed by atoms with Crippen LogP contribution < -0.4 is 10.6 Å². The number of aryl methyl sites for hydroxylation is 1. The van der Waals surface area contributed by atoms with Crippen LogP contribution in [0.1, 0.15) is 53.9 Å². The number of pyridine rings is 1. The van der Waals surface area contributed by atoms with Gasteiger partial charge in [0.05, 0.1) is 28.0 Å². The first-order valence-electron chi connectivity index (χ1n) is 13.4. The lowest BCUT2D eigenvalue weighted by Crippen LogP contribution is -2.18. The monoisotopic (exact) mass is 578 g/mol. The van der Waals surface area contributed by atoms with Crippen molar-refractivity contribution >= 4 is 22.9 Å². The van der Waals surface area contributed by atoms with Crippen molar-refractivity contribution in [1.29, 1.82) is 0 Å². The number of rotatable bonds is 7. The molecule has 0 aliphatic heterocycles. The minimum Gasteiger partial charge on any atom is -0.365 e. The largest absolute Gasteiger partial charge is 0.417 e. The molecule has 0 atom stereocenters. The summed E-state index contributed by atoms with van der Waals surface area (Å²) >= 11 is 0. The predicted molar refractivity (Wildman–Crippen MR) is 155 cm³/mol. The second-order valence-corrected chi connectivity index (χ2v) is 9.49. The van der Waals surface area contributed by atoms with E-state index in [4.69, 9.17) is 0 Å². The number of amides is 1. The molecule has 0 bridgehead atoms. The molecule has 11 heteroatoms. The van der Waals surface area contributed by atoms with E-state index in [-0.39, 0.29) is 23.6 Å². The van der Waals surface area contributed by atoms with E-state index in [0.29, 0.717) is 6.20 Å². The Labute approximate surface area is 240 Å². The van der Waals surface area contributed by atoms with Crippen molar-refractivity contribution in [3.05, 3.63) is 107 Å². The van der Waals surface area contributed by atoms with Crippen molar-refractivity contribution in [2.75, 3.05) is 10.6 Å². The summed E-state index contributed by atoms with van der Waals surface area (Å²) in [5.41, 5.74) is 3.24. The van der Waals surface area contributed by atoms with E-state index in [1.54, 1.807) is 4.52 Å². The average Bonchev–Trinajstić information content (AvgIpc) is 3.42. The van der Waals surface area contributed by atoms with Gasteiger partial charge in [0.15, 0.2) is 0 Å². The number of unbranched alkanes of at least 4 members (excludes halogenated alkanes) is 1. The van der Waals surface area contributed by atoms with Crippen LogP contribution in [0.5, 0.6) is 0 Å². The average molecular weight is 579 g/mol. The lowest BCUT2D eigenvalue weighted by atomic mass is 10.1. The fourth-order valence-corrected chi connectivity index (χ4v) is 3.92. The SMILES string of the molecule is CCCC.Cc1ncnn2c(-c3ccc(CNc4ncc(C(F)(F)F)cc4C(=O)Nc4ccc(F)cc4)cc3)ccc12. The molecule has 1 amide bonds. The van der Waals surface area contributed by atoms with Crippen LogP contribution in [0, 0.1) is 12.7 Å². The zero-order valence-corrected chi connectivity index (χ0v) is 23.3. The summed E-state index contributed by atoms with van der Waals surface area (Å²) in [7, 11) is 0. The first kappa shape index (κ1) is 30.2. The van der Waals surface area contributed by atoms with Gasteiger partial charge in [0.1, 0.15) is 18.0 Å². The molecule has 3 aromatic heterocycles. The number of nitrogens with zero attached hydrogens (tertiary/aromatic N) is 4.